The van der Waals surface area contributed by atoms with Gasteiger partial charge in [0.2, 0.25) is 11.8 Å². The Morgan fingerprint density at radius 2 is 1.58 bits per heavy atom. The van der Waals surface area contributed by atoms with Crippen molar-refractivity contribution in [3.05, 3.63) is 42.0 Å². The Hall–Kier alpha value is -1.90. The van der Waals surface area contributed by atoms with E-state index in [4.69, 9.17) is 0 Å². The minimum absolute atomic E-state index is 0.00106. The van der Waals surface area contributed by atoms with Crippen molar-refractivity contribution in [1.29, 1.82) is 0 Å². The van der Waals surface area contributed by atoms with Crippen LogP contribution >= 0.6 is 0 Å². The Morgan fingerprint density at radius 3 is 2.16 bits per heavy atom. The Morgan fingerprint density at radius 1 is 1.00 bits per heavy atom. The van der Waals surface area contributed by atoms with Gasteiger partial charge in [0.1, 0.15) is 0 Å². The Balaban J connectivity index is 1.79. The number of nitrogens with zero attached hydrogens (tertiary/aromatic N) is 1. The number of benzene rings is 1. The van der Waals surface area contributed by atoms with Gasteiger partial charge in [0.25, 0.3) is 0 Å². The molecule has 2 aliphatic carbocycles. The molecule has 1 aromatic carbocycles. The molecule has 4 atom stereocenters. The highest BCUT2D eigenvalue weighted by Crippen LogP contribution is 2.53. The first kappa shape index (κ1) is 11.0. The molecule has 0 N–H and O–H groups in total. The topological polar surface area (TPSA) is 37.4 Å². The number of aryl methyl sites for hydroxylation is 1. The predicted octanol–water partition coefficient (Wildman–Crippen LogP) is 2.31. The standard InChI is InChI=1S/C16H15NO2/c1-9-4-2-3-5-12(9)17-15(18)13-10-6-7-11(8-10)14(13)16(17)19/h2-7,10-11,13-14H,8H2,1H3/t10-,11+,13-,14+. The summed E-state index contributed by atoms with van der Waals surface area (Å²) in [6.45, 7) is 1.94. The summed E-state index contributed by atoms with van der Waals surface area (Å²) in [4.78, 5) is 26.6. The number of fused-ring (bicyclic) bond motifs is 5. The van der Waals surface area contributed by atoms with E-state index in [-0.39, 0.29) is 35.5 Å². The maximum Gasteiger partial charge on any atom is 0.238 e. The molecule has 1 aromatic rings. The lowest BCUT2D eigenvalue weighted by molar-refractivity contribution is -0.123. The first-order valence-electron chi connectivity index (χ1n) is 6.80. The first-order valence-corrected chi connectivity index (χ1v) is 6.80. The third kappa shape index (κ3) is 1.28. The van der Waals surface area contributed by atoms with Crippen molar-refractivity contribution in [1.82, 2.24) is 0 Å². The summed E-state index contributed by atoms with van der Waals surface area (Å²) in [7, 11) is 0. The summed E-state index contributed by atoms with van der Waals surface area (Å²) in [6, 6.07) is 7.61. The van der Waals surface area contributed by atoms with E-state index < -0.39 is 0 Å². The highest BCUT2D eigenvalue weighted by molar-refractivity contribution is 6.23. The summed E-state index contributed by atoms with van der Waals surface area (Å²) in [5.41, 5.74) is 1.73. The molecule has 3 aliphatic rings. The molecule has 96 valence electrons. The van der Waals surface area contributed by atoms with Crippen LogP contribution in [0.5, 0.6) is 0 Å². The quantitative estimate of drug-likeness (QED) is 0.569. The minimum Gasteiger partial charge on any atom is -0.274 e. The number of para-hydroxylation sites is 1. The van der Waals surface area contributed by atoms with Crippen LogP contribution in [-0.2, 0) is 9.59 Å². The number of carbonyl (C=O) groups is 2. The fraction of sp³-hybridized carbons (Fsp3) is 0.375. The van der Waals surface area contributed by atoms with Gasteiger partial charge in [-0.3, -0.25) is 9.59 Å². The van der Waals surface area contributed by atoms with Gasteiger partial charge in [0.05, 0.1) is 17.5 Å². The van der Waals surface area contributed by atoms with Crippen molar-refractivity contribution < 1.29 is 9.59 Å². The number of carbonyl (C=O) groups excluding carboxylic acids is 2. The molecule has 4 rings (SSSR count). The van der Waals surface area contributed by atoms with Crippen molar-refractivity contribution in [2.45, 2.75) is 13.3 Å². The number of hydrogen-bond donors (Lipinski definition) is 0. The molecule has 0 unspecified atom stereocenters. The van der Waals surface area contributed by atoms with Gasteiger partial charge >= 0.3 is 0 Å². The average molecular weight is 253 g/mol. The van der Waals surface area contributed by atoms with Crippen LogP contribution in [0.15, 0.2) is 36.4 Å². The van der Waals surface area contributed by atoms with Gasteiger partial charge < -0.3 is 0 Å². The van der Waals surface area contributed by atoms with E-state index in [1.807, 2.05) is 31.2 Å². The molecule has 1 aliphatic heterocycles. The third-order valence-corrected chi connectivity index (χ3v) is 4.83. The number of hydrogen-bond acceptors (Lipinski definition) is 2. The second kappa shape index (κ2) is 3.56. The van der Waals surface area contributed by atoms with Gasteiger partial charge in [-0.1, -0.05) is 30.4 Å². The molecule has 2 fully saturated rings. The van der Waals surface area contributed by atoms with E-state index in [0.29, 0.717) is 0 Å². The second-order valence-electron chi connectivity index (χ2n) is 5.80. The molecule has 0 radical (unpaired) electrons. The van der Waals surface area contributed by atoms with Crippen molar-refractivity contribution in [3.63, 3.8) is 0 Å². The lowest BCUT2D eigenvalue weighted by Crippen LogP contribution is -2.33. The molecule has 0 spiro atoms. The summed E-state index contributed by atoms with van der Waals surface area (Å²) < 4.78 is 0. The predicted molar refractivity (Wildman–Crippen MR) is 71.4 cm³/mol. The van der Waals surface area contributed by atoms with E-state index in [1.165, 1.54) is 4.90 Å². The van der Waals surface area contributed by atoms with Crippen molar-refractivity contribution in [2.75, 3.05) is 4.90 Å². The minimum atomic E-state index is -0.109. The second-order valence-corrected chi connectivity index (χ2v) is 5.80. The number of amides is 2. The lowest BCUT2D eigenvalue weighted by atomic mass is 9.85. The zero-order valence-corrected chi connectivity index (χ0v) is 10.7. The zero-order valence-electron chi connectivity index (χ0n) is 10.7. The van der Waals surface area contributed by atoms with E-state index in [0.717, 1.165) is 17.7 Å². The van der Waals surface area contributed by atoms with Crippen LogP contribution in [0, 0.1) is 30.6 Å². The van der Waals surface area contributed by atoms with Crippen LogP contribution in [-0.4, -0.2) is 11.8 Å². The molecule has 3 nitrogen and oxygen atoms in total. The van der Waals surface area contributed by atoms with Gasteiger partial charge in [-0.15, -0.1) is 0 Å². The molecule has 2 amide bonds. The zero-order chi connectivity index (χ0) is 13.1. The maximum absolute atomic E-state index is 12.6. The van der Waals surface area contributed by atoms with Crippen LogP contribution < -0.4 is 4.90 Å². The summed E-state index contributed by atoms with van der Waals surface area (Å²) in [5.74, 6) is 0.340. The van der Waals surface area contributed by atoms with Gasteiger partial charge in [-0.2, -0.15) is 0 Å². The summed E-state index contributed by atoms with van der Waals surface area (Å²) in [5, 5.41) is 0. The van der Waals surface area contributed by atoms with E-state index in [9.17, 15) is 9.59 Å². The molecule has 0 aromatic heterocycles. The fourth-order valence-corrected chi connectivity index (χ4v) is 3.95. The Labute approximate surface area is 111 Å². The number of imide groups is 1. The first-order chi connectivity index (χ1) is 9.18. The van der Waals surface area contributed by atoms with E-state index in [2.05, 4.69) is 12.2 Å². The maximum atomic E-state index is 12.6. The highest BCUT2D eigenvalue weighted by Gasteiger charge is 2.59. The monoisotopic (exact) mass is 253 g/mol. The smallest absolute Gasteiger partial charge is 0.238 e. The molecule has 3 heteroatoms. The third-order valence-electron chi connectivity index (χ3n) is 4.83. The molecule has 2 bridgehead atoms. The van der Waals surface area contributed by atoms with Gasteiger partial charge in [-0.05, 0) is 36.8 Å². The molecule has 1 saturated heterocycles. The van der Waals surface area contributed by atoms with Crippen molar-refractivity contribution >= 4 is 17.5 Å². The lowest BCUT2D eigenvalue weighted by Gasteiger charge is -2.19. The van der Waals surface area contributed by atoms with E-state index in [1.54, 1.807) is 0 Å². The SMILES string of the molecule is Cc1ccccc1N1C(=O)[C@@H]2[C@H](C1=O)[C@@H]1C=C[C@H]2C1. The van der Waals surface area contributed by atoms with Gasteiger partial charge in [-0.25, -0.2) is 4.90 Å². The molecular formula is C16H15NO2. The summed E-state index contributed by atoms with van der Waals surface area (Å²) >= 11 is 0. The molecule has 1 heterocycles. The van der Waals surface area contributed by atoms with Crippen LogP contribution in [0.1, 0.15) is 12.0 Å². The fourth-order valence-electron chi connectivity index (χ4n) is 3.95. The van der Waals surface area contributed by atoms with Gasteiger partial charge in [0, 0.05) is 0 Å². The summed E-state index contributed by atoms with van der Waals surface area (Å²) in [6.07, 6.45) is 5.23. The van der Waals surface area contributed by atoms with Crippen molar-refractivity contribution in [3.8, 4) is 0 Å². The highest BCUT2D eigenvalue weighted by atomic mass is 16.2. The van der Waals surface area contributed by atoms with Crippen molar-refractivity contribution in [2.24, 2.45) is 23.7 Å². The Kier molecular flexibility index (Phi) is 2.06. The number of rotatable bonds is 1. The number of allylic oxidation sites excluding steroid dienone is 2. The van der Waals surface area contributed by atoms with Crippen LogP contribution in [0.2, 0.25) is 0 Å². The molecule has 19 heavy (non-hydrogen) atoms. The Bertz CT molecular complexity index is 589. The normalized spacial score (nSPS) is 35.3. The van der Waals surface area contributed by atoms with Gasteiger partial charge in [0.15, 0.2) is 0 Å². The largest absolute Gasteiger partial charge is 0.274 e. The van der Waals surface area contributed by atoms with Crippen LogP contribution in [0.3, 0.4) is 0 Å². The molecular weight excluding hydrogens is 238 g/mol. The molecule has 1 saturated carbocycles. The van der Waals surface area contributed by atoms with E-state index >= 15 is 0 Å². The van der Waals surface area contributed by atoms with Crippen LogP contribution in [0.25, 0.3) is 0 Å². The van der Waals surface area contributed by atoms with Crippen LogP contribution in [0.4, 0.5) is 5.69 Å². The average Bonchev–Trinajstić information content (AvgIpc) is 3.06. The number of anilines is 1.